The van der Waals surface area contributed by atoms with Gasteiger partial charge in [-0.2, -0.15) is 0 Å². The van der Waals surface area contributed by atoms with Crippen molar-refractivity contribution in [3.63, 3.8) is 0 Å². The number of aryl methyl sites for hydroxylation is 2. The van der Waals surface area contributed by atoms with Gasteiger partial charge in [-0.1, -0.05) is 6.42 Å². The third-order valence-electron chi connectivity index (χ3n) is 3.05. The van der Waals surface area contributed by atoms with E-state index in [1.807, 2.05) is 6.92 Å². The third kappa shape index (κ3) is 3.30. The van der Waals surface area contributed by atoms with Gasteiger partial charge in [-0.15, -0.1) is 11.3 Å². The Labute approximate surface area is 106 Å². The van der Waals surface area contributed by atoms with Crippen LogP contribution in [-0.4, -0.2) is 18.5 Å². The monoisotopic (exact) mass is 252 g/mol. The van der Waals surface area contributed by atoms with Gasteiger partial charge in [0.25, 0.3) is 5.91 Å². The normalized spacial score (nSPS) is 17.1. The molecule has 4 heteroatoms. The molecule has 94 valence electrons. The molecule has 3 N–H and O–H groups in total. The second kappa shape index (κ2) is 5.65. The molecule has 0 fully saturated rings. The smallest absolute Gasteiger partial charge is 0.261 e. The molecule has 0 aromatic carbocycles. The lowest BCUT2D eigenvalue weighted by Gasteiger charge is -2.05. The highest BCUT2D eigenvalue weighted by Crippen LogP contribution is 2.28. The molecule has 1 aliphatic carbocycles. The lowest BCUT2D eigenvalue weighted by Crippen LogP contribution is -2.34. The molecule has 1 heterocycles. The Morgan fingerprint density at radius 1 is 1.47 bits per heavy atom. The zero-order valence-electron chi connectivity index (χ0n) is 10.3. The Kier molecular flexibility index (Phi) is 4.18. The minimum Gasteiger partial charge on any atom is -0.350 e. The van der Waals surface area contributed by atoms with Crippen LogP contribution in [0.4, 0.5) is 0 Å². The molecule has 0 bridgehead atoms. The second-order valence-electron chi connectivity index (χ2n) is 4.81. The molecule has 1 aliphatic rings. The quantitative estimate of drug-likeness (QED) is 0.809. The predicted octanol–water partition coefficient (Wildman–Crippen LogP) is 2.09. The largest absolute Gasteiger partial charge is 0.350 e. The van der Waals surface area contributed by atoms with Gasteiger partial charge in [-0.25, -0.2) is 0 Å². The van der Waals surface area contributed by atoms with E-state index in [-0.39, 0.29) is 11.9 Å². The third-order valence-corrected chi connectivity index (χ3v) is 4.29. The van der Waals surface area contributed by atoms with Gasteiger partial charge in [-0.3, -0.25) is 4.79 Å². The molecule has 1 aromatic rings. The van der Waals surface area contributed by atoms with Crippen LogP contribution in [0, 0.1) is 0 Å². The summed E-state index contributed by atoms with van der Waals surface area (Å²) in [7, 11) is 0. The first-order valence-corrected chi connectivity index (χ1v) is 7.14. The maximum Gasteiger partial charge on any atom is 0.261 e. The topological polar surface area (TPSA) is 55.1 Å². The summed E-state index contributed by atoms with van der Waals surface area (Å²) in [6.07, 6.45) is 6.10. The van der Waals surface area contributed by atoms with Gasteiger partial charge in [0, 0.05) is 17.5 Å². The Bertz CT molecular complexity index is 375. The van der Waals surface area contributed by atoms with Crippen LogP contribution < -0.4 is 11.1 Å². The summed E-state index contributed by atoms with van der Waals surface area (Å²) in [6, 6.07) is 2.08. The van der Waals surface area contributed by atoms with Crippen LogP contribution >= 0.6 is 11.3 Å². The van der Waals surface area contributed by atoms with E-state index < -0.39 is 0 Å². The maximum atomic E-state index is 11.9. The van der Waals surface area contributed by atoms with Crippen molar-refractivity contribution in [2.24, 2.45) is 5.73 Å². The number of hydrogen-bond acceptors (Lipinski definition) is 3. The van der Waals surface area contributed by atoms with Crippen LogP contribution in [0.25, 0.3) is 0 Å². The number of thiophene rings is 1. The summed E-state index contributed by atoms with van der Waals surface area (Å²) < 4.78 is 0. The number of carbonyl (C=O) groups excluding carboxylic acids is 1. The Morgan fingerprint density at radius 3 is 3.00 bits per heavy atom. The number of amides is 1. The minimum atomic E-state index is 0.0109. The van der Waals surface area contributed by atoms with Crippen molar-refractivity contribution in [2.45, 2.75) is 45.1 Å². The van der Waals surface area contributed by atoms with Crippen molar-refractivity contribution in [3.8, 4) is 0 Å². The van der Waals surface area contributed by atoms with Crippen molar-refractivity contribution in [2.75, 3.05) is 6.54 Å². The van der Waals surface area contributed by atoms with E-state index in [1.54, 1.807) is 11.3 Å². The van der Waals surface area contributed by atoms with E-state index >= 15 is 0 Å². The van der Waals surface area contributed by atoms with E-state index in [4.69, 9.17) is 5.73 Å². The van der Waals surface area contributed by atoms with Gasteiger partial charge >= 0.3 is 0 Å². The lowest BCUT2D eigenvalue weighted by atomic mass is 10.1. The number of nitrogens with one attached hydrogen (secondary N) is 1. The molecule has 1 atom stereocenters. The summed E-state index contributed by atoms with van der Waals surface area (Å²) in [5, 5.41) is 2.87. The molecule has 1 amide bonds. The van der Waals surface area contributed by atoms with Crippen molar-refractivity contribution < 1.29 is 4.79 Å². The molecule has 0 saturated carbocycles. The Hall–Kier alpha value is -0.870. The first-order chi connectivity index (χ1) is 8.16. The molecule has 0 radical (unpaired) electrons. The SMILES string of the molecule is CC(N)CNC(=O)c1cc2c(s1)CCCCC2. The van der Waals surface area contributed by atoms with Gasteiger partial charge in [0.15, 0.2) is 0 Å². The molecular weight excluding hydrogens is 232 g/mol. The maximum absolute atomic E-state index is 11.9. The summed E-state index contributed by atoms with van der Waals surface area (Å²) in [5.74, 6) is 0.0281. The van der Waals surface area contributed by atoms with Crippen molar-refractivity contribution in [3.05, 3.63) is 21.4 Å². The van der Waals surface area contributed by atoms with E-state index in [1.165, 1.54) is 29.7 Å². The highest BCUT2D eigenvalue weighted by Gasteiger charge is 2.16. The van der Waals surface area contributed by atoms with Crippen LogP contribution in [0.5, 0.6) is 0 Å². The van der Waals surface area contributed by atoms with E-state index in [0.717, 1.165) is 17.7 Å². The number of carbonyl (C=O) groups is 1. The molecule has 1 unspecified atom stereocenters. The summed E-state index contributed by atoms with van der Waals surface area (Å²) in [5.41, 5.74) is 7.01. The molecule has 0 spiro atoms. The van der Waals surface area contributed by atoms with Gasteiger partial charge in [0.2, 0.25) is 0 Å². The summed E-state index contributed by atoms with van der Waals surface area (Å²) >= 11 is 1.66. The Morgan fingerprint density at radius 2 is 2.24 bits per heavy atom. The van der Waals surface area contributed by atoms with Crippen LogP contribution in [0.1, 0.15) is 46.3 Å². The molecule has 17 heavy (non-hydrogen) atoms. The van der Waals surface area contributed by atoms with Crippen LogP contribution in [0.2, 0.25) is 0 Å². The Balaban J connectivity index is 2.04. The summed E-state index contributed by atoms with van der Waals surface area (Å²) in [4.78, 5) is 14.2. The highest BCUT2D eigenvalue weighted by atomic mass is 32.1. The number of rotatable bonds is 3. The number of fused-ring (bicyclic) bond motifs is 1. The van der Waals surface area contributed by atoms with Crippen LogP contribution in [0.3, 0.4) is 0 Å². The number of nitrogens with two attached hydrogens (primary N) is 1. The van der Waals surface area contributed by atoms with Gasteiger partial charge in [0.1, 0.15) is 0 Å². The highest BCUT2D eigenvalue weighted by molar-refractivity contribution is 7.14. The first-order valence-electron chi connectivity index (χ1n) is 6.32. The summed E-state index contributed by atoms with van der Waals surface area (Å²) in [6.45, 7) is 2.44. The second-order valence-corrected chi connectivity index (χ2v) is 5.94. The average molecular weight is 252 g/mol. The zero-order chi connectivity index (χ0) is 12.3. The fourth-order valence-electron chi connectivity index (χ4n) is 2.12. The van der Waals surface area contributed by atoms with E-state index in [9.17, 15) is 4.79 Å². The molecule has 3 nitrogen and oxygen atoms in total. The van der Waals surface area contributed by atoms with Crippen LogP contribution in [0.15, 0.2) is 6.07 Å². The molecule has 0 aliphatic heterocycles. The fraction of sp³-hybridized carbons (Fsp3) is 0.615. The first kappa shape index (κ1) is 12.6. The predicted molar refractivity (Wildman–Crippen MR) is 71.6 cm³/mol. The van der Waals surface area contributed by atoms with Gasteiger partial charge in [0.05, 0.1) is 4.88 Å². The molecule has 0 saturated heterocycles. The zero-order valence-corrected chi connectivity index (χ0v) is 11.1. The van der Waals surface area contributed by atoms with Crippen molar-refractivity contribution >= 4 is 17.2 Å². The van der Waals surface area contributed by atoms with E-state index in [2.05, 4.69) is 11.4 Å². The van der Waals surface area contributed by atoms with E-state index in [0.29, 0.717) is 6.54 Å². The van der Waals surface area contributed by atoms with Crippen molar-refractivity contribution in [1.29, 1.82) is 0 Å². The van der Waals surface area contributed by atoms with Crippen LogP contribution in [-0.2, 0) is 12.8 Å². The molecule has 1 aromatic heterocycles. The standard InChI is InChI=1S/C13H20N2OS/c1-9(14)8-15-13(16)12-7-10-5-3-2-4-6-11(10)17-12/h7,9H,2-6,8,14H2,1H3,(H,15,16). The van der Waals surface area contributed by atoms with Gasteiger partial charge in [-0.05, 0) is 44.2 Å². The average Bonchev–Trinajstić information content (AvgIpc) is 2.58. The minimum absolute atomic E-state index is 0.0109. The molecule has 2 rings (SSSR count). The van der Waals surface area contributed by atoms with Crippen molar-refractivity contribution in [1.82, 2.24) is 5.32 Å². The number of hydrogen-bond donors (Lipinski definition) is 2. The fourth-order valence-corrected chi connectivity index (χ4v) is 3.29. The van der Waals surface area contributed by atoms with Gasteiger partial charge < -0.3 is 11.1 Å². The molecular formula is C13H20N2OS. The lowest BCUT2D eigenvalue weighted by molar-refractivity contribution is 0.0955.